The molecule has 0 unspecified atom stereocenters. The number of halogens is 2. The van der Waals surface area contributed by atoms with Crippen molar-refractivity contribution >= 4 is 21.7 Å². The molecule has 6 nitrogen and oxygen atoms in total. The van der Waals surface area contributed by atoms with Gasteiger partial charge in [0.15, 0.2) is 0 Å². The zero-order valence-corrected chi connectivity index (χ0v) is 16.6. The Labute approximate surface area is 169 Å². The number of benzene rings is 2. The maximum Gasteiger partial charge on any atom is 0.321 e. The van der Waals surface area contributed by atoms with Gasteiger partial charge in [-0.05, 0) is 60.7 Å². The van der Waals surface area contributed by atoms with E-state index < -0.39 is 15.8 Å². The molecule has 9 heteroatoms. The predicted molar refractivity (Wildman–Crippen MR) is 107 cm³/mol. The third kappa shape index (κ3) is 6.50. The van der Waals surface area contributed by atoms with Crippen molar-refractivity contribution in [2.24, 2.45) is 5.92 Å². The molecule has 2 aromatic carbocycles. The molecule has 2 aromatic rings. The van der Waals surface area contributed by atoms with E-state index in [1.54, 1.807) is 4.90 Å². The number of hydrogen-bond acceptors (Lipinski definition) is 3. The summed E-state index contributed by atoms with van der Waals surface area (Å²) in [6.45, 7) is 1.33. The SMILES string of the molecule is O=C(Nc1ccc(F)cc1)N1CCC(CNS(=O)(=O)Cc2ccc(F)cc2)CC1. The van der Waals surface area contributed by atoms with Gasteiger partial charge in [-0.2, -0.15) is 0 Å². The molecule has 2 amide bonds. The zero-order valence-electron chi connectivity index (χ0n) is 15.8. The van der Waals surface area contributed by atoms with Crippen LogP contribution < -0.4 is 10.0 Å². The standard InChI is InChI=1S/C20H23F2N3O3S/c21-17-3-1-16(2-4-17)14-29(27,28)23-13-15-9-11-25(12-10-15)20(26)24-19-7-5-18(22)6-8-19/h1-8,15,23H,9-14H2,(H,24,26). The van der Waals surface area contributed by atoms with Crippen LogP contribution in [0.3, 0.4) is 0 Å². The molecule has 1 fully saturated rings. The average Bonchev–Trinajstić information content (AvgIpc) is 2.70. The van der Waals surface area contributed by atoms with E-state index in [0.29, 0.717) is 43.7 Å². The van der Waals surface area contributed by atoms with Crippen LogP contribution in [0.15, 0.2) is 48.5 Å². The van der Waals surface area contributed by atoms with Gasteiger partial charge in [0.2, 0.25) is 10.0 Å². The van der Waals surface area contributed by atoms with Crippen LogP contribution >= 0.6 is 0 Å². The van der Waals surface area contributed by atoms with Crippen LogP contribution in [-0.2, 0) is 15.8 Å². The van der Waals surface area contributed by atoms with Crippen molar-refractivity contribution in [2.45, 2.75) is 18.6 Å². The highest BCUT2D eigenvalue weighted by molar-refractivity contribution is 7.88. The van der Waals surface area contributed by atoms with Crippen LogP contribution in [0.5, 0.6) is 0 Å². The van der Waals surface area contributed by atoms with Crippen molar-refractivity contribution in [3.8, 4) is 0 Å². The summed E-state index contributed by atoms with van der Waals surface area (Å²) in [5.74, 6) is -0.848. The molecule has 1 heterocycles. The molecule has 0 atom stereocenters. The van der Waals surface area contributed by atoms with E-state index in [2.05, 4.69) is 10.0 Å². The quantitative estimate of drug-likeness (QED) is 0.748. The van der Waals surface area contributed by atoms with Gasteiger partial charge in [-0.1, -0.05) is 12.1 Å². The number of sulfonamides is 1. The number of carbonyl (C=O) groups is 1. The second-order valence-electron chi connectivity index (χ2n) is 7.10. The van der Waals surface area contributed by atoms with Crippen molar-refractivity contribution in [1.82, 2.24) is 9.62 Å². The van der Waals surface area contributed by atoms with Gasteiger partial charge in [0, 0.05) is 25.3 Å². The molecule has 0 saturated carbocycles. The van der Waals surface area contributed by atoms with Crippen molar-refractivity contribution in [1.29, 1.82) is 0 Å². The van der Waals surface area contributed by atoms with Gasteiger partial charge in [0.25, 0.3) is 0 Å². The molecule has 1 aliphatic rings. The first kappa shape index (κ1) is 21.2. The van der Waals surface area contributed by atoms with Gasteiger partial charge < -0.3 is 10.2 Å². The Morgan fingerprint density at radius 3 is 2.10 bits per heavy atom. The first-order valence-corrected chi connectivity index (χ1v) is 11.0. The molecule has 1 aliphatic heterocycles. The van der Waals surface area contributed by atoms with Gasteiger partial charge >= 0.3 is 6.03 Å². The fourth-order valence-electron chi connectivity index (χ4n) is 3.17. The molecule has 0 bridgehead atoms. The summed E-state index contributed by atoms with van der Waals surface area (Å²) in [5.41, 5.74) is 1.04. The Kier molecular flexibility index (Phi) is 6.81. The number of piperidine rings is 1. The average molecular weight is 423 g/mol. The van der Waals surface area contributed by atoms with Gasteiger partial charge in [0.1, 0.15) is 11.6 Å². The number of likely N-dealkylation sites (tertiary alicyclic amines) is 1. The second-order valence-corrected chi connectivity index (χ2v) is 8.91. The lowest BCUT2D eigenvalue weighted by atomic mass is 9.97. The van der Waals surface area contributed by atoms with Crippen LogP contribution in [0.25, 0.3) is 0 Å². The van der Waals surface area contributed by atoms with Crippen molar-refractivity contribution in [3.05, 3.63) is 65.7 Å². The summed E-state index contributed by atoms with van der Waals surface area (Å²) in [5, 5.41) is 2.72. The Hall–Kier alpha value is -2.52. The topological polar surface area (TPSA) is 78.5 Å². The van der Waals surface area contributed by atoms with Gasteiger partial charge in [0.05, 0.1) is 5.75 Å². The largest absolute Gasteiger partial charge is 0.325 e. The van der Waals surface area contributed by atoms with E-state index in [9.17, 15) is 22.0 Å². The molecular formula is C20H23F2N3O3S. The number of nitrogens with zero attached hydrogens (tertiary/aromatic N) is 1. The summed E-state index contributed by atoms with van der Waals surface area (Å²) in [6.07, 6.45) is 1.35. The highest BCUT2D eigenvalue weighted by atomic mass is 32.2. The lowest BCUT2D eigenvalue weighted by Gasteiger charge is -2.32. The molecule has 0 spiro atoms. The number of amides is 2. The van der Waals surface area contributed by atoms with Gasteiger partial charge in [-0.15, -0.1) is 0 Å². The maximum absolute atomic E-state index is 12.9. The first-order valence-electron chi connectivity index (χ1n) is 9.34. The van der Waals surface area contributed by atoms with Crippen LogP contribution in [0.2, 0.25) is 0 Å². The normalized spacial score (nSPS) is 15.3. The summed E-state index contributed by atoms with van der Waals surface area (Å²) >= 11 is 0. The van der Waals surface area contributed by atoms with E-state index in [0.717, 1.165) is 0 Å². The fraction of sp³-hybridized carbons (Fsp3) is 0.350. The Bertz CT molecular complexity index is 926. The molecule has 0 aliphatic carbocycles. The van der Waals surface area contributed by atoms with E-state index >= 15 is 0 Å². The van der Waals surface area contributed by atoms with Crippen molar-refractivity contribution in [3.63, 3.8) is 0 Å². The number of carbonyl (C=O) groups excluding carboxylic acids is 1. The summed E-state index contributed by atoms with van der Waals surface area (Å²) in [4.78, 5) is 13.9. The number of anilines is 1. The van der Waals surface area contributed by atoms with Crippen molar-refractivity contribution < 1.29 is 22.0 Å². The monoisotopic (exact) mass is 423 g/mol. The fourth-order valence-corrected chi connectivity index (χ4v) is 4.39. The van der Waals surface area contributed by atoms with E-state index in [1.165, 1.54) is 48.5 Å². The minimum atomic E-state index is -3.52. The Morgan fingerprint density at radius 2 is 1.52 bits per heavy atom. The zero-order chi connectivity index (χ0) is 20.9. The predicted octanol–water partition coefficient (Wildman–Crippen LogP) is 3.33. The summed E-state index contributed by atoms with van der Waals surface area (Å²) in [7, 11) is -3.52. The number of urea groups is 1. The molecule has 0 aromatic heterocycles. The van der Waals surface area contributed by atoms with E-state index in [1.807, 2.05) is 0 Å². The summed E-state index contributed by atoms with van der Waals surface area (Å²) < 4.78 is 52.9. The molecule has 1 saturated heterocycles. The number of rotatable bonds is 6. The Balaban J connectivity index is 1.42. The number of nitrogens with one attached hydrogen (secondary N) is 2. The van der Waals surface area contributed by atoms with Crippen molar-refractivity contribution in [2.75, 3.05) is 25.0 Å². The Morgan fingerprint density at radius 1 is 0.966 bits per heavy atom. The second kappa shape index (κ2) is 9.32. The van der Waals surface area contributed by atoms with Crippen LogP contribution in [0, 0.1) is 17.6 Å². The maximum atomic E-state index is 12.9. The highest BCUT2D eigenvalue weighted by Gasteiger charge is 2.24. The van der Waals surface area contributed by atoms with Crippen LogP contribution in [-0.4, -0.2) is 39.0 Å². The molecule has 0 radical (unpaired) electrons. The lowest BCUT2D eigenvalue weighted by Crippen LogP contribution is -2.43. The lowest BCUT2D eigenvalue weighted by molar-refractivity contribution is 0.183. The minimum Gasteiger partial charge on any atom is -0.325 e. The van der Waals surface area contributed by atoms with Gasteiger partial charge in [-0.3, -0.25) is 0 Å². The molecule has 156 valence electrons. The smallest absolute Gasteiger partial charge is 0.321 e. The molecule has 2 N–H and O–H groups in total. The highest BCUT2D eigenvalue weighted by Crippen LogP contribution is 2.18. The van der Waals surface area contributed by atoms with Crippen LogP contribution in [0.1, 0.15) is 18.4 Å². The van der Waals surface area contributed by atoms with Crippen LogP contribution in [0.4, 0.5) is 19.3 Å². The van der Waals surface area contributed by atoms with E-state index in [-0.39, 0.29) is 23.5 Å². The number of hydrogen-bond donors (Lipinski definition) is 2. The molecular weight excluding hydrogens is 400 g/mol. The summed E-state index contributed by atoms with van der Waals surface area (Å²) in [6, 6.07) is 10.7. The van der Waals surface area contributed by atoms with Gasteiger partial charge in [-0.25, -0.2) is 26.7 Å². The third-order valence-electron chi connectivity index (χ3n) is 4.86. The first-order chi connectivity index (χ1) is 13.8. The minimum absolute atomic E-state index is 0.132. The third-order valence-corrected chi connectivity index (χ3v) is 6.18. The molecule has 3 rings (SSSR count). The molecule has 29 heavy (non-hydrogen) atoms. The van der Waals surface area contributed by atoms with E-state index in [4.69, 9.17) is 0 Å².